The van der Waals surface area contributed by atoms with E-state index in [-0.39, 0.29) is 29.2 Å². The number of amides is 1. The van der Waals surface area contributed by atoms with E-state index in [9.17, 15) is 9.90 Å². The molecule has 2 aromatic heterocycles. The van der Waals surface area contributed by atoms with Crippen LogP contribution in [0.1, 0.15) is 35.3 Å². The van der Waals surface area contributed by atoms with E-state index in [4.69, 9.17) is 14.9 Å². The van der Waals surface area contributed by atoms with Crippen molar-refractivity contribution >= 4 is 39.7 Å². The first-order valence-electron chi connectivity index (χ1n) is 10.7. The molecule has 1 amide bonds. The van der Waals surface area contributed by atoms with Gasteiger partial charge in [0.15, 0.2) is 0 Å². The molecule has 3 heterocycles. The number of anilines is 3. The molecule has 0 unspecified atom stereocenters. The van der Waals surface area contributed by atoms with Crippen LogP contribution in [0.25, 0.3) is 0 Å². The summed E-state index contributed by atoms with van der Waals surface area (Å²) in [6.07, 6.45) is 0.633. The van der Waals surface area contributed by atoms with Gasteiger partial charge in [0.25, 0.3) is 5.91 Å². The van der Waals surface area contributed by atoms with Gasteiger partial charge in [-0.1, -0.05) is 6.07 Å². The summed E-state index contributed by atoms with van der Waals surface area (Å²) in [6, 6.07) is 8.83. The zero-order valence-corrected chi connectivity index (χ0v) is 20.1. The Hall–Kier alpha value is -3.86. The van der Waals surface area contributed by atoms with Crippen LogP contribution in [-0.2, 0) is 6.42 Å². The number of methoxy groups -OCH3 is 2. The number of aromatic nitrogens is 2. The van der Waals surface area contributed by atoms with E-state index < -0.39 is 0 Å². The molecule has 1 aliphatic heterocycles. The SMILES string of the molecule is COc1cc2c(c(OC)n1)CCN2C(=O)c1cccc(Nc2snc(O)c2C(=N)NC(C)C)c1. The molecule has 0 radical (unpaired) electrons. The lowest BCUT2D eigenvalue weighted by atomic mass is 10.1. The van der Waals surface area contributed by atoms with E-state index in [0.29, 0.717) is 41.0 Å². The molecule has 0 fully saturated rings. The molecule has 178 valence electrons. The van der Waals surface area contributed by atoms with Crippen molar-refractivity contribution in [2.45, 2.75) is 26.3 Å². The average Bonchev–Trinajstić information content (AvgIpc) is 3.40. The minimum atomic E-state index is -0.219. The summed E-state index contributed by atoms with van der Waals surface area (Å²) in [7, 11) is 3.07. The van der Waals surface area contributed by atoms with Crippen molar-refractivity contribution in [3.8, 4) is 17.6 Å². The Morgan fingerprint density at radius 1 is 1.26 bits per heavy atom. The molecule has 4 N–H and O–H groups in total. The standard InChI is InChI=1S/C23H26N6O4S/c1-12(2)25-19(24)18-20(30)28-34-22(18)26-14-7-5-6-13(10-14)23(31)29-9-8-15-16(29)11-17(32-3)27-21(15)33-4/h5-7,10-12,26H,8-9H2,1-4H3,(H2,24,25)(H,28,30). The number of carbonyl (C=O) groups is 1. The van der Waals surface area contributed by atoms with Crippen molar-refractivity contribution in [3.05, 3.63) is 47.0 Å². The van der Waals surface area contributed by atoms with E-state index in [0.717, 1.165) is 22.8 Å². The quantitative estimate of drug-likeness (QED) is 0.297. The maximum absolute atomic E-state index is 13.4. The van der Waals surface area contributed by atoms with Gasteiger partial charge in [-0.2, -0.15) is 9.36 Å². The number of pyridine rings is 1. The predicted octanol–water partition coefficient (Wildman–Crippen LogP) is 3.53. The second-order valence-electron chi connectivity index (χ2n) is 7.97. The molecule has 4 rings (SSSR count). The molecule has 0 spiro atoms. The lowest BCUT2D eigenvalue weighted by molar-refractivity contribution is 0.0989. The van der Waals surface area contributed by atoms with Gasteiger partial charge in [0.1, 0.15) is 16.4 Å². The van der Waals surface area contributed by atoms with Crippen LogP contribution in [0.5, 0.6) is 17.6 Å². The van der Waals surface area contributed by atoms with E-state index in [1.807, 2.05) is 19.9 Å². The second kappa shape index (κ2) is 9.56. The topological polar surface area (TPSA) is 133 Å². The molecule has 3 aromatic rings. The highest BCUT2D eigenvalue weighted by molar-refractivity contribution is 7.11. The van der Waals surface area contributed by atoms with Gasteiger partial charge in [-0.05, 0) is 50.0 Å². The summed E-state index contributed by atoms with van der Waals surface area (Å²) in [6.45, 7) is 4.32. The smallest absolute Gasteiger partial charge is 0.258 e. The average molecular weight is 483 g/mol. The highest BCUT2D eigenvalue weighted by atomic mass is 32.1. The molecule has 10 nitrogen and oxygen atoms in total. The van der Waals surface area contributed by atoms with Crippen molar-refractivity contribution in [1.82, 2.24) is 14.7 Å². The lowest BCUT2D eigenvalue weighted by Gasteiger charge is -2.19. The predicted molar refractivity (Wildman–Crippen MR) is 131 cm³/mol. The number of fused-ring (bicyclic) bond motifs is 1. The fraction of sp³-hybridized carbons (Fsp3) is 0.304. The Morgan fingerprint density at radius 2 is 2.06 bits per heavy atom. The van der Waals surface area contributed by atoms with Gasteiger partial charge in [-0.3, -0.25) is 10.2 Å². The summed E-state index contributed by atoms with van der Waals surface area (Å²) in [5, 5.41) is 25.1. The Kier molecular flexibility index (Phi) is 6.55. The minimum Gasteiger partial charge on any atom is -0.492 e. The number of carbonyl (C=O) groups excluding carboxylic acids is 1. The molecule has 1 aromatic carbocycles. The van der Waals surface area contributed by atoms with Crippen LogP contribution in [0.2, 0.25) is 0 Å². The number of hydrogen-bond donors (Lipinski definition) is 4. The van der Waals surface area contributed by atoms with Gasteiger partial charge in [0.05, 0.1) is 19.9 Å². The maximum atomic E-state index is 13.4. The molecule has 34 heavy (non-hydrogen) atoms. The highest BCUT2D eigenvalue weighted by Gasteiger charge is 2.30. The van der Waals surface area contributed by atoms with Gasteiger partial charge in [-0.25, -0.2) is 0 Å². The molecular weight excluding hydrogens is 456 g/mol. The second-order valence-corrected chi connectivity index (χ2v) is 8.74. The van der Waals surface area contributed by atoms with Gasteiger partial charge in [0.2, 0.25) is 17.6 Å². The van der Waals surface area contributed by atoms with Crippen molar-refractivity contribution in [2.24, 2.45) is 0 Å². The van der Waals surface area contributed by atoms with Crippen LogP contribution in [0, 0.1) is 5.41 Å². The molecule has 0 saturated carbocycles. The van der Waals surface area contributed by atoms with Crippen LogP contribution in [0.15, 0.2) is 30.3 Å². The third-order valence-electron chi connectivity index (χ3n) is 5.29. The third-order valence-corrected chi connectivity index (χ3v) is 6.04. The fourth-order valence-electron chi connectivity index (χ4n) is 3.79. The largest absolute Gasteiger partial charge is 0.492 e. The Balaban J connectivity index is 1.60. The van der Waals surface area contributed by atoms with Crippen LogP contribution in [0.3, 0.4) is 0 Å². The summed E-state index contributed by atoms with van der Waals surface area (Å²) < 4.78 is 14.6. The highest BCUT2D eigenvalue weighted by Crippen LogP contribution is 2.38. The number of rotatable bonds is 7. The molecule has 0 atom stereocenters. The van der Waals surface area contributed by atoms with Crippen LogP contribution in [-0.4, -0.2) is 53.0 Å². The Labute approximate surface area is 201 Å². The first-order chi connectivity index (χ1) is 16.3. The van der Waals surface area contributed by atoms with Crippen molar-refractivity contribution in [3.63, 3.8) is 0 Å². The van der Waals surface area contributed by atoms with Crippen molar-refractivity contribution in [1.29, 1.82) is 5.41 Å². The van der Waals surface area contributed by atoms with E-state index in [1.54, 1.807) is 36.3 Å². The van der Waals surface area contributed by atoms with Crippen molar-refractivity contribution in [2.75, 3.05) is 31.0 Å². The van der Waals surface area contributed by atoms with E-state index in [1.165, 1.54) is 7.11 Å². The van der Waals surface area contributed by atoms with Crippen LogP contribution >= 0.6 is 11.5 Å². The number of benzene rings is 1. The number of amidine groups is 1. The zero-order chi connectivity index (χ0) is 24.4. The molecule has 0 saturated heterocycles. The molecule has 0 aliphatic carbocycles. The molecule has 11 heteroatoms. The normalized spacial score (nSPS) is 12.4. The van der Waals surface area contributed by atoms with Crippen molar-refractivity contribution < 1.29 is 19.4 Å². The lowest BCUT2D eigenvalue weighted by Crippen LogP contribution is -2.30. The molecule has 0 bridgehead atoms. The summed E-state index contributed by atoms with van der Waals surface area (Å²) >= 11 is 1.04. The maximum Gasteiger partial charge on any atom is 0.258 e. The van der Waals surface area contributed by atoms with Gasteiger partial charge in [-0.15, -0.1) is 0 Å². The minimum absolute atomic E-state index is 0.0244. The fourth-order valence-corrected chi connectivity index (χ4v) is 4.51. The number of aromatic hydroxyl groups is 1. The summed E-state index contributed by atoms with van der Waals surface area (Å²) in [4.78, 5) is 19.4. The van der Waals surface area contributed by atoms with Crippen LogP contribution < -0.4 is 25.0 Å². The first kappa shape index (κ1) is 23.3. The molecular formula is C23H26N6O4S. The summed E-state index contributed by atoms with van der Waals surface area (Å²) in [5.74, 6) is 0.513. The van der Waals surface area contributed by atoms with Gasteiger partial charge in [0, 0.05) is 35.5 Å². The monoisotopic (exact) mass is 482 g/mol. The number of nitrogens with zero attached hydrogens (tertiary/aromatic N) is 3. The summed E-state index contributed by atoms with van der Waals surface area (Å²) in [5.41, 5.74) is 2.99. The molecule has 1 aliphatic rings. The Bertz CT molecular complexity index is 1240. The van der Waals surface area contributed by atoms with Gasteiger partial charge >= 0.3 is 0 Å². The first-order valence-corrected chi connectivity index (χ1v) is 11.4. The Morgan fingerprint density at radius 3 is 2.76 bits per heavy atom. The van der Waals surface area contributed by atoms with Crippen LogP contribution in [0.4, 0.5) is 16.4 Å². The number of ether oxygens (including phenoxy) is 2. The third kappa shape index (κ3) is 4.46. The van der Waals surface area contributed by atoms with E-state index >= 15 is 0 Å². The zero-order valence-electron chi connectivity index (χ0n) is 19.3. The van der Waals surface area contributed by atoms with Gasteiger partial charge < -0.3 is 30.1 Å². The number of hydrogen-bond acceptors (Lipinski definition) is 9. The van der Waals surface area contributed by atoms with E-state index in [2.05, 4.69) is 20.0 Å². The number of nitrogens with one attached hydrogen (secondary N) is 3.